The van der Waals surface area contributed by atoms with E-state index in [0.29, 0.717) is 5.76 Å². The molecule has 0 saturated carbocycles. The Kier molecular flexibility index (Phi) is 3.88. The Bertz CT molecular complexity index is 677. The van der Waals surface area contributed by atoms with Gasteiger partial charge in [-0.2, -0.15) is 0 Å². The van der Waals surface area contributed by atoms with Crippen LogP contribution in [0.1, 0.15) is 24.0 Å². The first-order chi connectivity index (χ1) is 10.7. The van der Waals surface area contributed by atoms with Gasteiger partial charge in [0.15, 0.2) is 5.78 Å². The molecule has 0 aromatic heterocycles. The molecule has 0 aliphatic carbocycles. The molecule has 0 spiro atoms. The fourth-order valence-corrected chi connectivity index (χ4v) is 2.86. The minimum absolute atomic E-state index is 0.202. The predicted molar refractivity (Wildman–Crippen MR) is 83.1 cm³/mol. The molecule has 3 nitrogen and oxygen atoms in total. The fourth-order valence-electron chi connectivity index (χ4n) is 2.86. The Hall–Kier alpha value is -2.68. The molecule has 0 N–H and O–H groups in total. The van der Waals surface area contributed by atoms with Gasteiger partial charge >= 0.3 is 5.97 Å². The lowest BCUT2D eigenvalue weighted by atomic mass is 9.78. The van der Waals surface area contributed by atoms with Crippen LogP contribution in [0.4, 0.5) is 0 Å². The van der Waals surface area contributed by atoms with Crippen LogP contribution in [-0.2, 0) is 14.3 Å². The second kappa shape index (κ2) is 5.98. The van der Waals surface area contributed by atoms with Gasteiger partial charge in [0.25, 0.3) is 0 Å². The third-order valence-corrected chi connectivity index (χ3v) is 3.82. The van der Waals surface area contributed by atoms with E-state index in [2.05, 4.69) is 0 Å². The normalized spacial score (nSPS) is 18.1. The van der Waals surface area contributed by atoms with Crippen LogP contribution in [0.5, 0.6) is 0 Å². The highest BCUT2D eigenvalue weighted by Gasteiger charge is 2.39. The van der Waals surface area contributed by atoms with Crippen molar-refractivity contribution in [1.82, 2.24) is 0 Å². The zero-order chi connectivity index (χ0) is 15.5. The summed E-state index contributed by atoms with van der Waals surface area (Å²) in [7, 11) is 0. The number of carbonyl (C=O) groups is 2. The van der Waals surface area contributed by atoms with Crippen LogP contribution < -0.4 is 0 Å². The molecule has 0 saturated heterocycles. The molecule has 1 unspecified atom stereocenters. The van der Waals surface area contributed by atoms with E-state index in [4.69, 9.17) is 4.74 Å². The smallest absolute Gasteiger partial charge is 0.322 e. The summed E-state index contributed by atoms with van der Waals surface area (Å²) in [5.74, 6) is -1.51. The molecule has 3 rings (SSSR count). The average molecular weight is 292 g/mol. The molecule has 1 aliphatic heterocycles. The molecule has 22 heavy (non-hydrogen) atoms. The number of rotatable bonds is 3. The van der Waals surface area contributed by atoms with Crippen molar-refractivity contribution in [1.29, 1.82) is 0 Å². The molecule has 1 atom stereocenters. The van der Waals surface area contributed by atoms with Gasteiger partial charge in [-0.15, -0.1) is 0 Å². The number of carbonyl (C=O) groups excluding carboxylic acids is 2. The topological polar surface area (TPSA) is 43.4 Å². The van der Waals surface area contributed by atoms with Gasteiger partial charge in [-0.25, -0.2) is 0 Å². The van der Waals surface area contributed by atoms with Gasteiger partial charge in [0, 0.05) is 12.0 Å². The predicted octanol–water partition coefficient (Wildman–Crippen LogP) is 3.46. The molecule has 2 aromatic carbocycles. The van der Waals surface area contributed by atoms with Crippen LogP contribution >= 0.6 is 0 Å². The van der Waals surface area contributed by atoms with Gasteiger partial charge < -0.3 is 4.74 Å². The van der Waals surface area contributed by atoms with Gasteiger partial charge in [0.05, 0.1) is 0 Å². The van der Waals surface area contributed by atoms with Crippen LogP contribution in [-0.4, -0.2) is 11.8 Å². The third kappa shape index (κ3) is 2.70. The van der Waals surface area contributed by atoms with Crippen LogP contribution in [0, 0.1) is 5.92 Å². The van der Waals surface area contributed by atoms with Crippen molar-refractivity contribution < 1.29 is 14.3 Å². The maximum atomic E-state index is 12.4. The number of allylic oxidation sites excluding steroid dienone is 2. The lowest BCUT2D eigenvalue weighted by molar-refractivity contribution is -0.149. The van der Waals surface area contributed by atoms with E-state index >= 15 is 0 Å². The quantitative estimate of drug-likeness (QED) is 0.642. The first-order valence-electron chi connectivity index (χ1n) is 7.20. The summed E-state index contributed by atoms with van der Waals surface area (Å²) in [6.45, 7) is 1.62. The van der Waals surface area contributed by atoms with E-state index in [1.165, 1.54) is 6.08 Å². The van der Waals surface area contributed by atoms with Crippen LogP contribution in [0.15, 0.2) is 72.5 Å². The van der Waals surface area contributed by atoms with Crippen molar-refractivity contribution in [2.24, 2.45) is 5.92 Å². The number of benzene rings is 2. The Labute approximate surface area is 129 Å². The second-order valence-electron chi connectivity index (χ2n) is 5.36. The number of esters is 1. The molecule has 1 heterocycles. The first-order valence-corrected chi connectivity index (χ1v) is 7.20. The van der Waals surface area contributed by atoms with Gasteiger partial charge in [-0.3, -0.25) is 9.59 Å². The monoisotopic (exact) mass is 292 g/mol. The maximum absolute atomic E-state index is 12.4. The summed E-state index contributed by atoms with van der Waals surface area (Å²) in [4.78, 5) is 24.7. The highest BCUT2D eigenvalue weighted by molar-refractivity contribution is 6.08. The highest BCUT2D eigenvalue weighted by atomic mass is 16.5. The zero-order valence-electron chi connectivity index (χ0n) is 12.2. The standard InChI is InChI=1S/C19H16O3/c1-13-12-16(20)18(19(21)22-13)17(14-8-4-2-5-9-14)15-10-6-3-7-11-15/h2-12,17-18H,1H3. The molecular formula is C19H16O3. The van der Waals surface area contributed by atoms with Gasteiger partial charge in [0.1, 0.15) is 11.7 Å². The number of hydrogen-bond donors (Lipinski definition) is 0. The average Bonchev–Trinajstić information content (AvgIpc) is 2.52. The number of cyclic esters (lactones) is 1. The molecule has 0 amide bonds. The summed E-state index contributed by atoms with van der Waals surface area (Å²) in [5.41, 5.74) is 1.86. The third-order valence-electron chi connectivity index (χ3n) is 3.82. The SMILES string of the molecule is CC1=CC(=O)C(C(c2ccccc2)c2ccccc2)C(=O)O1. The molecule has 0 fully saturated rings. The first kappa shape index (κ1) is 14.3. The fraction of sp³-hybridized carbons (Fsp3) is 0.158. The van der Waals surface area contributed by atoms with Crippen LogP contribution in [0.2, 0.25) is 0 Å². The molecule has 2 aromatic rings. The summed E-state index contributed by atoms with van der Waals surface area (Å²) < 4.78 is 5.19. The minimum atomic E-state index is -0.839. The summed E-state index contributed by atoms with van der Waals surface area (Å²) >= 11 is 0. The molecule has 1 aliphatic rings. The molecule has 110 valence electrons. The maximum Gasteiger partial charge on any atom is 0.322 e. The Morgan fingerprint density at radius 3 is 1.82 bits per heavy atom. The molecule has 0 bridgehead atoms. The summed E-state index contributed by atoms with van der Waals surface area (Å²) in [6, 6.07) is 19.2. The van der Waals surface area contributed by atoms with E-state index in [9.17, 15) is 9.59 Å². The van der Waals surface area contributed by atoms with Crippen molar-refractivity contribution in [2.45, 2.75) is 12.8 Å². The number of ketones is 1. The zero-order valence-corrected chi connectivity index (χ0v) is 12.2. The largest absolute Gasteiger partial charge is 0.431 e. The minimum Gasteiger partial charge on any atom is -0.431 e. The highest BCUT2D eigenvalue weighted by Crippen LogP contribution is 2.35. The number of hydrogen-bond acceptors (Lipinski definition) is 3. The van der Waals surface area contributed by atoms with Crippen molar-refractivity contribution in [3.05, 3.63) is 83.6 Å². The van der Waals surface area contributed by atoms with E-state index in [0.717, 1.165) is 11.1 Å². The van der Waals surface area contributed by atoms with E-state index in [1.54, 1.807) is 6.92 Å². The van der Waals surface area contributed by atoms with E-state index in [1.807, 2.05) is 60.7 Å². The van der Waals surface area contributed by atoms with Gasteiger partial charge in [0.2, 0.25) is 0 Å². The number of ether oxygens (including phenoxy) is 1. The molecule has 3 heteroatoms. The van der Waals surface area contributed by atoms with Crippen molar-refractivity contribution in [2.75, 3.05) is 0 Å². The second-order valence-corrected chi connectivity index (χ2v) is 5.36. The van der Waals surface area contributed by atoms with Gasteiger partial charge in [-0.1, -0.05) is 60.7 Å². The lowest BCUT2D eigenvalue weighted by Gasteiger charge is -2.27. The molecular weight excluding hydrogens is 276 g/mol. The van der Waals surface area contributed by atoms with Crippen molar-refractivity contribution in [3.8, 4) is 0 Å². The Morgan fingerprint density at radius 2 is 1.36 bits per heavy atom. The summed E-state index contributed by atoms with van der Waals surface area (Å²) in [5, 5.41) is 0. The lowest BCUT2D eigenvalue weighted by Crippen LogP contribution is -2.34. The van der Waals surface area contributed by atoms with E-state index in [-0.39, 0.29) is 11.7 Å². The van der Waals surface area contributed by atoms with E-state index < -0.39 is 11.9 Å². The van der Waals surface area contributed by atoms with Crippen LogP contribution in [0.25, 0.3) is 0 Å². The Morgan fingerprint density at radius 1 is 0.864 bits per heavy atom. The van der Waals surface area contributed by atoms with Crippen molar-refractivity contribution in [3.63, 3.8) is 0 Å². The summed E-state index contributed by atoms with van der Waals surface area (Å²) in [6.07, 6.45) is 1.41. The van der Waals surface area contributed by atoms with Crippen molar-refractivity contribution >= 4 is 11.8 Å². The van der Waals surface area contributed by atoms with Crippen LogP contribution in [0.3, 0.4) is 0 Å². The van der Waals surface area contributed by atoms with Gasteiger partial charge in [-0.05, 0) is 18.1 Å². The molecule has 0 radical (unpaired) electrons. The Balaban J connectivity index is 2.11.